The van der Waals surface area contributed by atoms with Gasteiger partial charge in [-0.05, 0) is 49.8 Å². The Bertz CT molecular complexity index is 1590. The molecule has 9 nitrogen and oxygen atoms in total. The fraction of sp³-hybridized carbons (Fsp3) is 0.514. The van der Waals surface area contributed by atoms with Crippen molar-refractivity contribution in [1.82, 2.24) is 24.8 Å². The summed E-state index contributed by atoms with van der Waals surface area (Å²) in [4.78, 5) is 25.8. The van der Waals surface area contributed by atoms with Crippen molar-refractivity contribution in [3.05, 3.63) is 66.4 Å². The number of nitrogens with zero attached hydrogens (tertiary/aromatic N) is 4. The first-order valence-electron chi connectivity index (χ1n) is 16.5. The van der Waals surface area contributed by atoms with Gasteiger partial charge in [-0.2, -0.15) is 0 Å². The number of aliphatic hydroxyl groups is 1. The van der Waals surface area contributed by atoms with E-state index in [1.807, 2.05) is 54.5 Å². The van der Waals surface area contributed by atoms with Gasteiger partial charge in [0.1, 0.15) is 5.52 Å². The number of carbonyl (C=O) groups excluding carboxylic acids is 1. The molecule has 3 N–H and O–H groups in total. The van der Waals surface area contributed by atoms with Crippen LogP contribution in [0.1, 0.15) is 80.7 Å². The maximum atomic E-state index is 14.4. The summed E-state index contributed by atoms with van der Waals surface area (Å²) >= 11 is 0. The quantitative estimate of drug-likeness (QED) is 0.212. The Morgan fingerprint density at radius 3 is 2.84 bits per heavy atom. The molecule has 1 amide bonds. The van der Waals surface area contributed by atoms with Gasteiger partial charge in [0.25, 0.3) is 5.91 Å². The van der Waals surface area contributed by atoms with Crippen LogP contribution in [0, 0.1) is 5.92 Å². The van der Waals surface area contributed by atoms with Gasteiger partial charge in [0.15, 0.2) is 17.2 Å². The molecule has 7 rings (SSSR count). The summed E-state index contributed by atoms with van der Waals surface area (Å²) in [7, 11) is 0. The third kappa shape index (κ3) is 5.87. The summed E-state index contributed by atoms with van der Waals surface area (Å²) in [6.45, 7) is 4.87. The largest absolute Gasteiger partial charge is 0.441 e. The topological polar surface area (TPSA) is 108 Å². The molecule has 3 atom stereocenters. The van der Waals surface area contributed by atoms with E-state index in [-0.39, 0.29) is 18.0 Å². The molecule has 1 saturated heterocycles. The summed E-state index contributed by atoms with van der Waals surface area (Å²) in [5.41, 5.74) is 4.17. The molecule has 44 heavy (non-hydrogen) atoms. The predicted molar refractivity (Wildman–Crippen MR) is 172 cm³/mol. The molecule has 3 heterocycles. The molecule has 2 aliphatic carbocycles. The second kappa shape index (κ2) is 12.4. The van der Waals surface area contributed by atoms with Crippen LogP contribution in [0.15, 0.2) is 59.3 Å². The highest BCUT2D eigenvalue weighted by molar-refractivity contribution is 5.98. The fourth-order valence-electron chi connectivity index (χ4n) is 7.34. The molecule has 4 aromatic rings. The highest BCUT2D eigenvalue weighted by Crippen LogP contribution is 2.48. The number of benzene rings is 2. The Kier molecular flexibility index (Phi) is 8.16. The maximum Gasteiger partial charge on any atom is 0.275 e. The zero-order valence-electron chi connectivity index (χ0n) is 25.7. The van der Waals surface area contributed by atoms with E-state index in [9.17, 15) is 9.90 Å². The van der Waals surface area contributed by atoms with Crippen LogP contribution in [0.3, 0.4) is 0 Å². The van der Waals surface area contributed by atoms with Gasteiger partial charge in [0, 0.05) is 49.9 Å². The molecule has 9 heteroatoms. The van der Waals surface area contributed by atoms with Crippen LogP contribution in [0.25, 0.3) is 22.4 Å². The van der Waals surface area contributed by atoms with Gasteiger partial charge in [-0.1, -0.05) is 62.9 Å². The van der Waals surface area contributed by atoms with Crippen molar-refractivity contribution in [1.29, 1.82) is 0 Å². The molecule has 0 unspecified atom stereocenters. The monoisotopic (exact) mass is 596 g/mol. The number of piperazine rings is 1. The number of fused-ring (bicyclic) bond motifs is 1. The number of imidazole rings is 1. The van der Waals surface area contributed by atoms with E-state index in [1.54, 1.807) is 0 Å². The number of hydrogen-bond acceptors (Lipinski definition) is 7. The van der Waals surface area contributed by atoms with Crippen LogP contribution in [0.5, 0.6) is 0 Å². The molecule has 232 valence electrons. The zero-order valence-corrected chi connectivity index (χ0v) is 25.7. The number of anilines is 1. The minimum Gasteiger partial charge on any atom is -0.441 e. The second-order valence-corrected chi connectivity index (χ2v) is 12.9. The first-order chi connectivity index (χ1) is 21.5. The molecule has 2 aromatic carbocycles. The molecular formula is C35H44N6O3. The van der Waals surface area contributed by atoms with Crippen molar-refractivity contribution in [2.45, 2.75) is 82.4 Å². The number of oxazole rings is 1. The van der Waals surface area contributed by atoms with E-state index in [0.29, 0.717) is 18.2 Å². The van der Waals surface area contributed by atoms with Gasteiger partial charge in [-0.3, -0.25) is 4.79 Å². The van der Waals surface area contributed by atoms with Gasteiger partial charge in [-0.25, -0.2) is 9.97 Å². The summed E-state index contributed by atoms with van der Waals surface area (Å²) in [6, 6.07) is 16.1. The summed E-state index contributed by atoms with van der Waals surface area (Å²) in [5.74, 6) is 1.33. The van der Waals surface area contributed by atoms with Gasteiger partial charge in [0.2, 0.25) is 0 Å². The van der Waals surface area contributed by atoms with E-state index < -0.39 is 5.60 Å². The normalized spacial score (nSPS) is 24.1. The molecule has 2 aromatic heterocycles. The van der Waals surface area contributed by atoms with Crippen molar-refractivity contribution in [3.63, 3.8) is 0 Å². The number of aryl methyl sites for hydroxylation is 1. The number of amides is 1. The Morgan fingerprint density at radius 1 is 1.16 bits per heavy atom. The number of rotatable bonds is 10. The average Bonchev–Trinajstić information content (AvgIpc) is 3.58. The van der Waals surface area contributed by atoms with Gasteiger partial charge < -0.3 is 29.6 Å². The minimum absolute atomic E-state index is 0.0291. The van der Waals surface area contributed by atoms with Crippen LogP contribution < -0.4 is 10.6 Å². The van der Waals surface area contributed by atoms with Crippen LogP contribution in [-0.4, -0.2) is 68.3 Å². The lowest BCUT2D eigenvalue weighted by atomic mass is 9.76. The van der Waals surface area contributed by atoms with Crippen LogP contribution in [0.4, 0.5) is 5.69 Å². The molecule has 1 aliphatic heterocycles. The molecule has 2 saturated carbocycles. The number of aromatic nitrogens is 3. The van der Waals surface area contributed by atoms with Crippen LogP contribution in [-0.2, 0) is 6.42 Å². The first-order valence-corrected chi connectivity index (χ1v) is 16.5. The highest BCUT2D eigenvalue weighted by atomic mass is 16.3. The van der Waals surface area contributed by atoms with E-state index >= 15 is 0 Å². The Labute approximate surface area is 259 Å². The van der Waals surface area contributed by atoms with Crippen LogP contribution >= 0.6 is 0 Å². The third-order valence-electron chi connectivity index (χ3n) is 9.83. The molecule has 3 fully saturated rings. The van der Waals surface area contributed by atoms with Crippen molar-refractivity contribution in [3.8, 4) is 11.3 Å². The lowest BCUT2D eigenvalue weighted by Crippen LogP contribution is -2.54. The Balaban J connectivity index is 1.12. The lowest BCUT2D eigenvalue weighted by molar-refractivity contribution is -0.0518. The summed E-state index contributed by atoms with van der Waals surface area (Å²) in [5, 5.41) is 19.0. The van der Waals surface area contributed by atoms with Crippen molar-refractivity contribution in [2.24, 2.45) is 5.92 Å². The zero-order chi connectivity index (χ0) is 30.1. The van der Waals surface area contributed by atoms with Crippen LogP contribution in [0.2, 0.25) is 0 Å². The fourth-order valence-corrected chi connectivity index (χ4v) is 7.34. The van der Waals surface area contributed by atoms with Crippen molar-refractivity contribution >= 4 is 22.7 Å². The van der Waals surface area contributed by atoms with E-state index in [0.717, 1.165) is 98.5 Å². The highest BCUT2D eigenvalue weighted by Gasteiger charge is 2.45. The molecular weight excluding hydrogens is 552 g/mol. The van der Waals surface area contributed by atoms with E-state index in [1.165, 1.54) is 12.8 Å². The SMILES string of the molecule is CCc1nc2cc(NCC[C@@H]3CNCCN3C(=O)c3ncn([C@@H]4CCCC[C@@]4(O)CC4CC4)c3-c3ccccc3)ccc2o1. The minimum atomic E-state index is -0.764. The number of hydrogen-bond donors (Lipinski definition) is 3. The summed E-state index contributed by atoms with van der Waals surface area (Å²) < 4.78 is 7.90. The standard InChI is InChI=1S/C35H44N6O3/c1-2-31-39-28-20-26(13-14-29(28)44-31)37-17-15-27-22-36-18-19-40(27)34(42)32-33(25-8-4-3-5-9-25)41(23-38-32)30-10-6-7-16-35(30,43)21-24-11-12-24/h3-5,8-9,13-14,20,23-24,27,30,36-37,43H,2,6-7,10-12,15-19,21-22H2,1H3/t27-,30-,35-/m1/s1. The van der Waals surface area contributed by atoms with Crippen molar-refractivity contribution < 1.29 is 14.3 Å². The molecule has 3 aliphatic rings. The van der Waals surface area contributed by atoms with Gasteiger partial charge >= 0.3 is 0 Å². The predicted octanol–water partition coefficient (Wildman–Crippen LogP) is 5.82. The van der Waals surface area contributed by atoms with E-state index in [4.69, 9.17) is 9.40 Å². The van der Waals surface area contributed by atoms with E-state index in [2.05, 4.69) is 32.3 Å². The third-order valence-corrected chi connectivity index (χ3v) is 9.83. The lowest BCUT2D eigenvalue weighted by Gasteiger charge is -2.42. The number of carbonyl (C=O) groups is 1. The maximum absolute atomic E-state index is 14.4. The Morgan fingerprint density at radius 2 is 2.02 bits per heavy atom. The number of nitrogens with one attached hydrogen (secondary N) is 2. The Hall–Kier alpha value is -3.69. The van der Waals surface area contributed by atoms with Crippen molar-refractivity contribution in [2.75, 3.05) is 31.5 Å². The second-order valence-electron chi connectivity index (χ2n) is 12.9. The summed E-state index contributed by atoms with van der Waals surface area (Å²) in [6.07, 6.45) is 10.5. The van der Waals surface area contributed by atoms with Gasteiger partial charge in [-0.15, -0.1) is 0 Å². The van der Waals surface area contributed by atoms with Gasteiger partial charge in [0.05, 0.1) is 23.7 Å². The average molecular weight is 597 g/mol. The first kappa shape index (κ1) is 29.0. The molecule has 0 radical (unpaired) electrons. The molecule has 0 bridgehead atoms. The molecule has 0 spiro atoms. The smallest absolute Gasteiger partial charge is 0.275 e.